The monoisotopic (exact) mass is 346 g/mol. The molecule has 0 aliphatic carbocycles. The van der Waals surface area contributed by atoms with Gasteiger partial charge in [-0.1, -0.05) is 0 Å². The summed E-state index contributed by atoms with van der Waals surface area (Å²) in [6.45, 7) is 5.59. The Morgan fingerprint density at radius 1 is 1.39 bits per heavy atom. The van der Waals surface area contributed by atoms with Crippen LogP contribution in [-0.2, 0) is 0 Å². The fraction of sp³-hybridized carbons (Fsp3) is 0.214. The third kappa shape index (κ3) is 2.80. The van der Waals surface area contributed by atoms with Gasteiger partial charge in [0.1, 0.15) is 5.69 Å². The van der Waals surface area contributed by atoms with Crippen LogP contribution < -0.4 is 5.56 Å². The van der Waals surface area contributed by atoms with Crippen LogP contribution in [0, 0.1) is 25.5 Å². The van der Waals surface area contributed by atoms with Gasteiger partial charge in [0.15, 0.2) is 5.13 Å². The Balaban J connectivity index is 2.06. The zero-order valence-electron chi connectivity index (χ0n) is 12.8. The number of hydrogen-bond donors (Lipinski definition) is 1. The van der Waals surface area contributed by atoms with Gasteiger partial charge in [0.2, 0.25) is 4.77 Å². The summed E-state index contributed by atoms with van der Waals surface area (Å²) in [5.74, 6) is 0. The zero-order valence-corrected chi connectivity index (χ0v) is 14.4. The minimum absolute atomic E-state index is 0.158. The highest BCUT2D eigenvalue weighted by molar-refractivity contribution is 7.71. The van der Waals surface area contributed by atoms with E-state index in [4.69, 9.17) is 12.2 Å². The Morgan fingerprint density at radius 3 is 2.87 bits per heavy atom. The quantitative estimate of drug-likeness (QED) is 0.583. The van der Waals surface area contributed by atoms with Gasteiger partial charge in [0, 0.05) is 28.5 Å². The molecule has 23 heavy (non-hydrogen) atoms. The first-order chi connectivity index (χ1) is 11.0. The summed E-state index contributed by atoms with van der Waals surface area (Å²) < 4.78 is 3.34. The van der Waals surface area contributed by atoms with Crippen LogP contribution in [0.1, 0.15) is 22.6 Å². The van der Waals surface area contributed by atoms with Crippen molar-refractivity contribution in [2.75, 3.05) is 0 Å². The van der Waals surface area contributed by atoms with Crippen LogP contribution in [0.5, 0.6) is 0 Å². The SMILES string of the molecule is Cc1n[nH]c(=S)n(/N=C\c2cc(C)n(-c3nccs3)c2C)c1=O. The summed E-state index contributed by atoms with van der Waals surface area (Å²) in [6.07, 6.45) is 3.39. The van der Waals surface area contributed by atoms with Crippen molar-refractivity contribution < 1.29 is 0 Å². The van der Waals surface area contributed by atoms with Crippen molar-refractivity contribution in [3.8, 4) is 5.13 Å². The molecular formula is C14H14N6OS2. The largest absolute Gasteiger partial charge is 0.296 e. The number of thiazole rings is 1. The molecule has 3 aromatic heterocycles. The van der Waals surface area contributed by atoms with Crippen molar-refractivity contribution in [1.29, 1.82) is 0 Å². The topological polar surface area (TPSA) is 80.9 Å². The zero-order chi connectivity index (χ0) is 16.6. The average molecular weight is 346 g/mol. The molecule has 0 bridgehead atoms. The summed E-state index contributed by atoms with van der Waals surface area (Å²) in [5.41, 5.74) is 2.91. The summed E-state index contributed by atoms with van der Waals surface area (Å²) in [4.78, 5) is 16.4. The number of rotatable bonds is 3. The molecule has 0 saturated heterocycles. The molecule has 3 rings (SSSR count). The van der Waals surface area contributed by atoms with Crippen molar-refractivity contribution in [2.45, 2.75) is 20.8 Å². The van der Waals surface area contributed by atoms with Gasteiger partial charge in [0.05, 0.1) is 6.21 Å². The lowest BCUT2D eigenvalue weighted by atomic mass is 10.3. The second-order valence-corrected chi connectivity index (χ2v) is 6.21. The van der Waals surface area contributed by atoms with Crippen molar-refractivity contribution in [1.82, 2.24) is 24.4 Å². The number of nitrogens with zero attached hydrogens (tertiary/aromatic N) is 5. The van der Waals surface area contributed by atoms with E-state index in [9.17, 15) is 4.79 Å². The van der Waals surface area contributed by atoms with E-state index in [0.717, 1.165) is 26.8 Å². The van der Waals surface area contributed by atoms with Gasteiger partial charge in [0.25, 0.3) is 5.56 Å². The number of H-pyrrole nitrogens is 1. The average Bonchev–Trinajstić information content (AvgIpc) is 3.12. The lowest BCUT2D eigenvalue weighted by molar-refractivity contribution is 0.720. The fourth-order valence-electron chi connectivity index (χ4n) is 2.24. The Bertz CT molecular complexity index is 993. The third-order valence-electron chi connectivity index (χ3n) is 3.41. The lowest BCUT2D eigenvalue weighted by Crippen LogP contribution is -2.22. The van der Waals surface area contributed by atoms with Gasteiger partial charge >= 0.3 is 0 Å². The number of hydrogen-bond acceptors (Lipinski definition) is 6. The van der Waals surface area contributed by atoms with Crippen LogP contribution >= 0.6 is 23.6 Å². The second-order valence-electron chi connectivity index (χ2n) is 4.95. The van der Waals surface area contributed by atoms with Crippen molar-refractivity contribution in [3.63, 3.8) is 0 Å². The van der Waals surface area contributed by atoms with E-state index in [1.807, 2.05) is 29.9 Å². The van der Waals surface area contributed by atoms with Crippen LogP contribution in [0.15, 0.2) is 27.5 Å². The molecule has 0 radical (unpaired) electrons. The maximum Gasteiger partial charge on any atom is 0.296 e. The molecule has 0 fully saturated rings. The van der Waals surface area contributed by atoms with E-state index in [1.54, 1.807) is 30.7 Å². The number of aryl methyl sites for hydroxylation is 2. The second kappa shape index (κ2) is 6.01. The molecule has 1 N–H and O–H groups in total. The number of nitrogens with one attached hydrogen (secondary N) is 1. The molecule has 9 heteroatoms. The third-order valence-corrected chi connectivity index (χ3v) is 4.43. The molecule has 0 unspecified atom stereocenters. The molecule has 0 saturated carbocycles. The van der Waals surface area contributed by atoms with Crippen molar-refractivity contribution in [3.05, 3.63) is 55.4 Å². The van der Waals surface area contributed by atoms with Gasteiger partial charge < -0.3 is 0 Å². The highest BCUT2D eigenvalue weighted by Gasteiger charge is 2.11. The van der Waals surface area contributed by atoms with Crippen LogP contribution in [-0.4, -0.2) is 30.6 Å². The van der Waals surface area contributed by atoms with Crippen molar-refractivity contribution >= 4 is 29.8 Å². The molecule has 0 atom stereocenters. The van der Waals surface area contributed by atoms with Gasteiger partial charge in [-0.2, -0.15) is 14.9 Å². The van der Waals surface area contributed by atoms with Gasteiger partial charge in [-0.3, -0.25) is 14.5 Å². The summed E-state index contributed by atoms with van der Waals surface area (Å²) >= 11 is 6.62. The first-order valence-electron chi connectivity index (χ1n) is 6.80. The fourth-order valence-corrected chi connectivity index (χ4v) is 3.16. The Kier molecular flexibility index (Phi) is 4.05. The molecule has 0 aliphatic heterocycles. The van der Waals surface area contributed by atoms with Crippen LogP contribution in [0.4, 0.5) is 0 Å². The molecule has 7 nitrogen and oxygen atoms in total. The summed E-state index contributed by atoms with van der Waals surface area (Å²) in [5, 5.41) is 13.5. The molecule has 3 heterocycles. The van der Waals surface area contributed by atoms with Crippen LogP contribution in [0.3, 0.4) is 0 Å². The Morgan fingerprint density at radius 2 is 2.17 bits per heavy atom. The molecule has 0 aromatic carbocycles. The lowest BCUT2D eigenvalue weighted by Gasteiger charge is -2.04. The maximum absolute atomic E-state index is 12.0. The predicted octanol–water partition coefficient (Wildman–Crippen LogP) is 2.36. The molecular weight excluding hydrogens is 332 g/mol. The van der Waals surface area contributed by atoms with E-state index in [2.05, 4.69) is 20.3 Å². The summed E-state index contributed by atoms with van der Waals surface area (Å²) in [7, 11) is 0. The first-order valence-corrected chi connectivity index (χ1v) is 8.09. The molecule has 0 spiro atoms. The molecule has 0 amide bonds. The smallest absolute Gasteiger partial charge is 0.294 e. The standard InChI is InChI=1S/C14H14N6OS2/c1-8-6-11(10(3)19(8)14-15-4-5-23-14)7-16-20-12(21)9(2)17-18-13(20)22/h4-7H,1-3H3,(H,18,22)/b16-7-. The number of aromatic amines is 1. The van der Waals surface area contributed by atoms with Crippen LogP contribution in [0.25, 0.3) is 5.13 Å². The highest BCUT2D eigenvalue weighted by Crippen LogP contribution is 2.21. The Hall–Kier alpha value is -2.39. The van der Waals surface area contributed by atoms with E-state index in [1.165, 1.54) is 0 Å². The van der Waals surface area contributed by atoms with Gasteiger partial charge in [-0.05, 0) is 39.1 Å². The maximum atomic E-state index is 12.0. The Labute approximate surface area is 141 Å². The molecule has 3 aromatic rings. The summed E-state index contributed by atoms with van der Waals surface area (Å²) in [6, 6.07) is 1.99. The van der Waals surface area contributed by atoms with E-state index >= 15 is 0 Å². The minimum atomic E-state index is -0.335. The molecule has 0 aliphatic rings. The first kappa shape index (κ1) is 15.5. The predicted molar refractivity (Wildman–Crippen MR) is 92.3 cm³/mol. The van der Waals surface area contributed by atoms with Crippen molar-refractivity contribution in [2.24, 2.45) is 5.10 Å². The molecule has 118 valence electrons. The van der Waals surface area contributed by atoms with Crippen LogP contribution in [0.2, 0.25) is 0 Å². The highest BCUT2D eigenvalue weighted by atomic mass is 32.1. The van der Waals surface area contributed by atoms with E-state index in [-0.39, 0.29) is 10.3 Å². The van der Waals surface area contributed by atoms with Gasteiger partial charge in [-0.25, -0.2) is 4.98 Å². The van der Waals surface area contributed by atoms with E-state index in [0.29, 0.717) is 5.69 Å². The van der Waals surface area contributed by atoms with Gasteiger partial charge in [-0.15, -0.1) is 11.3 Å². The van der Waals surface area contributed by atoms with E-state index < -0.39 is 0 Å². The minimum Gasteiger partial charge on any atom is -0.294 e. The normalized spacial score (nSPS) is 11.4. The number of aromatic nitrogens is 5.